The molecule has 2 N–H and O–H groups in total. The first-order chi connectivity index (χ1) is 8.52. The van der Waals surface area contributed by atoms with Crippen molar-refractivity contribution in [3.8, 4) is 5.75 Å². The summed E-state index contributed by atoms with van der Waals surface area (Å²) in [6, 6.07) is 5.88. The molecule has 0 amide bonds. The molecule has 0 saturated heterocycles. The molecule has 2 aromatic rings. The van der Waals surface area contributed by atoms with Gasteiger partial charge in [-0.25, -0.2) is 0 Å². The van der Waals surface area contributed by atoms with Gasteiger partial charge in [0.1, 0.15) is 5.69 Å². The lowest BCUT2D eigenvalue weighted by molar-refractivity contribution is 0.406. The maximum atomic E-state index is 6.31. The minimum absolute atomic E-state index is 0.261. The SMILES string of the molecule is COc1cnn(C)c1C(N)c1cc(C)cc(Br)c1. The molecule has 0 fully saturated rings. The maximum Gasteiger partial charge on any atom is 0.161 e. The van der Waals surface area contributed by atoms with E-state index in [1.807, 2.05) is 20.0 Å². The fraction of sp³-hybridized carbons (Fsp3) is 0.308. The van der Waals surface area contributed by atoms with E-state index in [4.69, 9.17) is 10.5 Å². The molecular formula is C13H16BrN3O. The van der Waals surface area contributed by atoms with E-state index in [2.05, 4.69) is 33.2 Å². The monoisotopic (exact) mass is 309 g/mol. The van der Waals surface area contributed by atoms with Crippen LogP contribution in [0.3, 0.4) is 0 Å². The van der Waals surface area contributed by atoms with Crippen LogP contribution in [0.4, 0.5) is 0 Å². The number of aryl methyl sites for hydroxylation is 2. The van der Waals surface area contributed by atoms with E-state index >= 15 is 0 Å². The van der Waals surface area contributed by atoms with Gasteiger partial charge in [0.05, 0.1) is 19.3 Å². The van der Waals surface area contributed by atoms with Gasteiger partial charge in [0, 0.05) is 11.5 Å². The number of hydrogen-bond donors (Lipinski definition) is 1. The Morgan fingerprint density at radius 1 is 1.39 bits per heavy atom. The summed E-state index contributed by atoms with van der Waals surface area (Å²) in [6.07, 6.45) is 1.68. The summed E-state index contributed by atoms with van der Waals surface area (Å²) in [4.78, 5) is 0. The van der Waals surface area contributed by atoms with Crippen LogP contribution in [0.15, 0.2) is 28.9 Å². The minimum Gasteiger partial charge on any atom is -0.493 e. The van der Waals surface area contributed by atoms with Gasteiger partial charge in [-0.15, -0.1) is 0 Å². The van der Waals surface area contributed by atoms with Crippen molar-refractivity contribution in [1.82, 2.24) is 9.78 Å². The molecule has 1 atom stereocenters. The highest BCUT2D eigenvalue weighted by molar-refractivity contribution is 9.10. The van der Waals surface area contributed by atoms with Crippen LogP contribution < -0.4 is 10.5 Å². The Kier molecular flexibility index (Phi) is 3.73. The number of hydrogen-bond acceptors (Lipinski definition) is 3. The summed E-state index contributed by atoms with van der Waals surface area (Å²) in [5.74, 6) is 0.711. The number of aromatic nitrogens is 2. The van der Waals surface area contributed by atoms with Gasteiger partial charge >= 0.3 is 0 Å². The molecule has 0 aliphatic carbocycles. The summed E-state index contributed by atoms with van der Waals surface area (Å²) in [6.45, 7) is 2.04. The van der Waals surface area contributed by atoms with E-state index in [-0.39, 0.29) is 6.04 Å². The van der Waals surface area contributed by atoms with Gasteiger partial charge in [0.15, 0.2) is 5.75 Å². The van der Waals surface area contributed by atoms with Gasteiger partial charge in [-0.3, -0.25) is 4.68 Å². The second-order valence-electron chi connectivity index (χ2n) is 4.26. The lowest BCUT2D eigenvalue weighted by Gasteiger charge is -2.15. The molecule has 0 saturated carbocycles. The summed E-state index contributed by atoms with van der Waals surface area (Å²) in [7, 11) is 3.49. The smallest absolute Gasteiger partial charge is 0.161 e. The third kappa shape index (κ3) is 2.42. The Bertz CT molecular complexity index is 545. The largest absolute Gasteiger partial charge is 0.493 e. The van der Waals surface area contributed by atoms with E-state index in [9.17, 15) is 0 Å². The van der Waals surface area contributed by atoms with Crippen molar-refractivity contribution >= 4 is 15.9 Å². The van der Waals surface area contributed by atoms with Gasteiger partial charge in [0.2, 0.25) is 0 Å². The zero-order valence-electron chi connectivity index (χ0n) is 10.6. The van der Waals surface area contributed by atoms with Crippen LogP contribution in [0.1, 0.15) is 22.9 Å². The number of halogens is 1. The first-order valence-electron chi connectivity index (χ1n) is 5.61. The molecule has 2 rings (SSSR count). The van der Waals surface area contributed by atoms with Gasteiger partial charge in [-0.05, 0) is 30.2 Å². The van der Waals surface area contributed by atoms with E-state index in [0.29, 0.717) is 5.75 Å². The molecule has 1 aromatic heterocycles. The van der Waals surface area contributed by atoms with Crippen LogP contribution in [0.25, 0.3) is 0 Å². The minimum atomic E-state index is -0.261. The normalized spacial score (nSPS) is 12.5. The Morgan fingerprint density at radius 2 is 2.11 bits per heavy atom. The second kappa shape index (κ2) is 5.12. The molecule has 0 radical (unpaired) electrons. The summed E-state index contributed by atoms with van der Waals surface area (Å²) >= 11 is 3.49. The quantitative estimate of drug-likeness (QED) is 0.948. The van der Waals surface area contributed by atoms with E-state index in [1.54, 1.807) is 18.0 Å². The Hall–Kier alpha value is -1.33. The standard InChI is InChI=1S/C13H16BrN3O/c1-8-4-9(6-10(14)5-8)12(15)13-11(18-3)7-16-17(13)2/h4-7,12H,15H2,1-3H3. The van der Waals surface area contributed by atoms with E-state index in [0.717, 1.165) is 21.3 Å². The van der Waals surface area contributed by atoms with Crippen molar-refractivity contribution < 1.29 is 4.74 Å². The highest BCUT2D eigenvalue weighted by atomic mass is 79.9. The van der Waals surface area contributed by atoms with Crippen molar-refractivity contribution in [2.24, 2.45) is 12.8 Å². The van der Waals surface area contributed by atoms with Crippen molar-refractivity contribution in [1.29, 1.82) is 0 Å². The summed E-state index contributed by atoms with van der Waals surface area (Å²) in [5, 5.41) is 4.18. The predicted molar refractivity (Wildman–Crippen MR) is 74.7 cm³/mol. The molecule has 1 unspecified atom stereocenters. The first-order valence-corrected chi connectivity index (χ1v) is 6.40. The average molecular weight is 310 g/mol. The number of methoxy groups -OCH3 is 1. The highest BCUT2D eigenvalue weighted by Crippen LogP contribution is 2.29. The average Bonchev–Trinajstić information content (AvgIpc) is 2.68. The van der Waals surface area contributed by atoms with Crippen LogP contribution in [-0.4, -0.2) is 16.9 Å². The molecule has 0 spiro atoms. The highest BCUT2D eigenvalue weighted by Gasteiger charge is 2.19. The molecule has 4 nitrogen and oxygen atoms in total. The number of nitrogens with two attached hydrogens (primary N) is 1. The molecule has 0 aliphatic rings. The number of ether oxygens (including phenoxy) is 1. The molecule has 5 heteroatoms. The zero-order chi connectivity index (χ0) is 13.3. The van der Waals surface area contributed by atoms with E-state index in [1.165, 1.54) is 0 Å². The van der Waals surface area contributed by atoms with Crippen LogP contribution >= 0.6 is 15.9 Å². The van der Waals surface area contributed by atoms with Crippen LogP contribution in [0.2, 0.25) is 0 Å². The topological polar surface area (TPSA) is 53.1 Å². The van der Waals surface area contributed by atoms with Gasteiger partial charge in [-0.2, -0.15) is 5.10 Å². The molecular weight excluding hydrogens is 294 g/mol. The predicted octanol–water partition coefficient (Wildman–Crippen LogP) is 2.55. The Labute approximate surface area is 115 Å². The summed E-state index contributed by atoms with van der Waals surface area (Å²) < 4.78 is 8.07. The number of rotatable bonds is 3. The third-order valence-corrected chi connectivity index (χ3v) is 3.35. The van der Waals surface area contributed by atoms with Gasteiger partial charge in [0.25, 0.3) is 0 Å². The molecule has 1 heterocycles. The van der Waals surface area contributed by atoms with Crippen LogP contribution in [0.5, 0.6) is 5.75 Å². The van der Waals surface area contributed by atoms with Crippen molar-refractivity contribution in [3.63, 3.8) is 0 Å². The third-order valence-electron chi connectivity index (χ3n) is 2.89. The number of nitrogens with zero attached hydrogens (tertiary/aromatic N) is 2. The lowest BCUT2D eigenvalue weighted by atomic mass is 10.0. The summed E-state index contributed by atoms with van der Waals surface area (Å²) in [5.41, 5.74) is 9.38. The fourth-order valence-corrected chi connectivity index (χ4v) is 2.67. The van der Waals surface area contributed by atoms with Crippen molar-refractivity contribution in [3.05, 3.63) is 45.7 Å². The molecule has 96 valence electrons. The molecule has 0 aliphatic heterocycles. The van der Waals surface area contributed by atoms with E-state index < -0.39 is 0 Å². The first kappa shape index (κ1) is 13.1. The van der Waals surface area contributed by atoms with Crippen molar-refractivity contribution in [2.75, 3.05) is 7.11 Å². The molecule has 0 bridgehead atoms. The Balaban J connectivity index is 2.47. The molecule has 1 aromatic carbocycles. The number of benzene rings is 1. The van der Waals surface area contributed by atoms with Crippen molar-refractivity contribution in [2.45, 2.75) is 13.0 Å². The maximum absolute atomic E-state index is 6.31. The zero-order valence-corrected chi connectivity index (χ0v) is 12.2. The van der Waals surface area contributed by atoms with Gasteiger partial charge < -0.3 is 10.5 Å². The van der Waals surface area contributed by atoms with Crippen LogP contribution in [0, 0.1) is 6.92 Å². The van der Waals surface area contributed by atoms with Gasteiger partial charge in [-0.1, -0.05) is 22.0 Å². The molecule has 18 heavy (non-hydrogen) atoms. The second-order valence-corrected chi connectivity index (χ2v) is 5.18. The lowest BCUT2D eigenvalue weighted by Crippen LogP contribution is -2.17. The van der Waals surface area contributed by atoms with Crippen LogP contribution in [-0.2, 0) is 7.05 Å². The Morgan fingerprint density at radius 3 is 2.72 bits per heavy atom. The fourth-order valence-electron chi connectivity index (χ4n) is 2.04.